The van der Waals surface area contributed by atoms with Gasteiger partial charge in [-0.05, 0) is 55.4 Å². The number of benzene rings is 1. The minimum absolute atomic E-state index is 0.0445. The fourth-order valence-corrected chi connectivity index (χ4v) is 3.72. The average Bonchev–Trinajstić information content (AvgIpc) is 2.76. The van der Waals surface area contributed by atoms with Crippen molar-refractivity contribution < 1.29 is 24.2 Å². The molecule has 8 heteroatoms. The van der Waals surface area contributed by atoms with Gasteiger partial charge in [0.2, 0.25) is 0 Å². The number of hydrogen-bond donors (Lipinski definition) is 2. The molecule has 2 N–H and O–H groups in total. The third-order valence-corrected chi connectivity index (χ3v) is 5.77. The molecule has 0 heterocycles. The molecule has 0 aromatic heterocycles. The molecule has 0 spiro atoms. The van der Waals surface area contributed by atoms with E-state index in [9.17, 15) is 14.7 Å². The van der Waals surface area contributed by atoms with Gasteiger partial charge in [-0.2, -0.15) is 11.8 Å². The average molecular weight is 455 g/mol. The van der Waals surface area contributed by atoms with E-state index in [1.54, 1.807) is 6.92 Å². The number of rotatable bonds is 17. The maximum atomic E-state index is 12.4. The lowest BCUT2D eigenvalue weighted by atomic mass is 10.1. The van der Waals surface area contributed by atoms with Crippen LogP contribution in [0.15, 0.2) is 24.3 Å². The van der Waals surface area contributed by atoms with Gasteiger partial charge in [-0.3, -0.25) is 0 Å². The van der Waals surface area contributed by atoms with Gasteiger partial charge in [0, 0.05) is 26.1 Å². The van der Waals surface area contributed by atoms with Crippen LogP contribution >= 0.6 is 11.8 Å². The van der Waals surface area contributed by atoms with Crippen molar-refractivity contribution in [3.8, 4) is 5.75 Å². The molecule has 7 nitrogen and oxygen atoms in total. The Morgan fingerprint density at radius 1 is 1.10 bits per heavy atom. The molecule has 0 bridgehead atoms. The van der Waals surface area contributed by atoms with Crippen LogP contribution < -0.4 is 10.1 Å². The molecule has 0 aliphatic heterocycles. The lowest BCUT2D eigenvalue weighted by molar-refractivity contribution is -0.149. The van der Waals surface area contributed by atoms with Gasteiger partial charge in [0.05, 0.1) is 6.54 Å². The summed E-state index contributed by atoms with van der Waals surface area (Å²) in [6.07, 6.45) is 2.50. The first-order valence-electron chi connectivity index (χ1n) is 11.2. The Hall–Kier alpha value is -1.93. The van der Waals surface area contributed by atoms with Crippen LogP contribution in [0.3, 0.4) is 0 Å². The Bertz CT molecular complexity index is 627. The summed E-state index contributed by atoms with van der Waals surface area (Å²) >= 11 is 1.92. The molecule has 0 radical (unpaired) electrons. The van der Waals surface area contributed by atoms with Crippen LogP contribution in [0, 0.1) is 0 Å². The quantitative estimate of drug-likeness (QED) is 0.345. The van der Waals surface area contributed by atoms with Crippen LogP contribution in [-0.2, 0) is 16.0 Å². The van der Waals surface area contributed by atoms with Gasteiger partial charge >= 0.3 is 12.0 Å². The van der Waals surface area contributed by atoms with Crippen molar-refractivity contribution in [3.63, 3.8) is 0 Å². The Kier molecular flexibility index (Phi) is 14.6. The number of hydrogen-bond acceptors (Lipinski definition) is 5. The van der Waals surface area contributed by atoms with Crippen LogP contribution in [0.4, 0.5) is 4.79 Å². The van der Waals surface area contributed by atoms with Crippen molar-refractivity contribution in [1.29, 1.82) is 0 Å². The highest BCUT2D eigenvalue weighted by molar-refractivity contribution is 7.99. The standard InChI is InChI=1S/C23H38N2O5S/c1-4-12-24-23(28)25(13-7-17-31-16-5-2)14-15-30-20-10-8-19(9-11-20)18-21(22(26)27)29-6-3/h8-11,21H,4-7,12-18H2,1-3H3,(H,24,28)(H,26,27). The molecule has 1 aromatic carbocycles. The summed E-state index contributed by atoms with van der Waals surface area (Å²) in [4.78, 5) is 25.5. The fourth-order valence-electron chi connectivity index (χ4n) is 2.89. The summed E-state index contributed by atoms with van der Waals surface area (Å²) in [5, 5.41) is 12.1. The molecule has 31 heavy (non-hydrogen) atoms. The molecule has 1 aromatic rings. The molecule has 1 rings (SSSR count). The SMILES string of the molecule is CCCNC(=O)N(CCCSCCC)CCOc1ccc(CC(OCC)C(=O)O)cc1. The maximum absolute atomic E-state index is 12.4. The minimum Gasteiger partial charge on any atom is -0.492 e. The van der Waals surface area contributed by atoms with Gasteiger partial charge in [-0.15, -0.1) is 0 Å². The number of carbonyl (C=O) groups is 2. The summed E-state index contributed by atoms with van der Waals surface area (Å²) in [6, 6.07) is 7.30. The van der Waals surface area contributed by atoms with Crippen LogP contribution in [-0.4, -0.2) is 72.5 Å². The third kappa shape index (κ3) is 11.9. The van der Waals surface area contributed by atoms with Crippen molar-refractivity contribution in [2.75, 3.05) is 44.4 Å². The summed E-state index contributed by atoms with van der Waals surface area (Å²) in [7, 11) is 0. The van der Waals surface area contributed by atoms with E-state index in [2.05, 4.69) is 12.2 Å². The van der Waals surface area contributed by atoms with Crippen molar-refractivity contribution in [1.82, 2.24) is 10.2 Å². The zero-order valence-corrected chi connectivity index (χ0v) is 19.9. The van der Waals surface area contributed by atoms with E-state index in [1.165, 1.54) is 6.42 Å². The molecular weight excluding hydrogens is 416 g/mol. The topological polar surface area (TPSA) is 88.1 Å². The molecule has 1 atom stereocenters. The number of carboxylic acid groups (broad SMARTS) is 1. The molecule has 1 unspecified atom stereocenters. The predicted octanol–water partition coefficient (Wildman–Crippen LogP) is 4.05. The molecule has 2 amide bonds. The number of urea groups is 1. The van der Waals surface area contributed by atoms with Crippen molar-refractivity contribution in [2.24, 2.45) is 0 Å². The number of nitrogens with one attached hydrogen (secondary N) is 1. The van der Waals surface area contributed by atoms with Gasteiger partial charge in [-0.1, -0.05) is 26.0 Å². The molecule has 0 fully saturated rings. The summed E-state index contributed by atoms with van der Waals surface area (Å²) in [5.74, 6) is 1.93. The number of amides is 2. The van der Waals surface area contributed by atoms with E-state index in [0.717, 1.165) is 29.9 Å². The molecule has 0 aliphatic rings. The molecule has 176 valence electrons. The maximum Gasteiger partial charge on any atom is 0.333 e. The number of carbonyl (C=O) groups excluding carboxylic acids is 1. The highest BCUT2D eigenvalue weighted by Gasteiger charge is 2.18. The summed E-state index contributed by atoms with van der Waals surface area (Å²) in [6.45, 7) is 8.64. The number of nitrogens with zero attached hydrogens (tertiary/aromatic N) is 1. The van der Waals surface area contributed by atoms with Crippen molar-refractivity contribution >= 4 is 23.8 Å². The highest BCUT2D eigenvalue weighted by atomic mass is 32.2. The molecule has 0 saturated heterocycles. The normalized spacial score (nSPS) is 11.7. The number of aliphatic carboxylic acids is 1. The van der Waals surface area contributed by atoms with Crippen molar-refractivity contribution in [3.05, 3.63) is 29.8 Å². The fraction of sp³-hybridized carbons (Fsp3) is 0.652. The molecule has 0 aliphatic carbocycles. The highest BCUT2D eigenvalue weighted by Crippen LogP contribution is 2.15. The second-order valence-corrected chi connectivity index (χ2v) is 8.39. The van der Waals surface area contributed by atoms with Crippen LogP contribution in [0.1, 0.15) is 45.6 Å². The number of ether oxygens (including phenoxy) is 2. The van der Waals surface area contributed by atoms with Gasteiger partial charge in [0.15, 0.2) is 6.10 Å². The smallest absolute Gasteiger partial charge is 0.333 e. The predicted molar refractivity (Wildman–Crippen MR) is 126 cm³/mol. The first kappa shape index (κ1) is 27.1. The second kappa shape index (κ2) is 16.7. The van der Waals surface area contributed by atoms with E-state index < -0.39 is 12.1 Å². The van der Waals surface area contributed by atoms with E-state index in [0.29, 0.717) is 45.0 Å². The van der Waals surface area contributed by atoms with Crippen molar-refractivity contribution in [2.45, 2.75) is 52.6 Å². The van der Waals surface area contributed by atoms with Crippen LogP contribution in [0.25, 0.3) is 0 Å². The lowest BCUT2D eigenvalue weighted by Crippen LogP contribution is -2.43. The second-order valence-electron chi connectivity index (χ2n) is 7.16. The number of thioether (sulfide) groups is 1. The van der Waals surface area contributed by atoms with Gasteiger partial charge in [-0.25, -0.2) is 9.59 Å². The Morgan fingerprint density at radius 2 is 1.84 bits per heavy atom. The molecule has 0 saturated carbocycles. The largest absolute Gasteiger partial charge is 0.492 e. The van der Waals surface area contributed by atoms with E-state index in [1.807, 2.05) is 47.9 Å². The summed E-state index contributed by atoms with van der Waals surface area (Å²) < 4.78 is 11.1. The monoisotopic (exact) mass is 454 g/mol. The van der Waals surface area contributed by atoms with E-state index >= 15 is 0 Å². The first-order valence-corrected chi connectivity index (χ1v) is 12.3. The lowest BCUT2D eigenvalue weighted by Gasteiger charge is -2.23. The van der Waals surface area contributed by atoms with Crippen LogP contribution in [0.5, 0.6) is 5.75 Å². The van der Waals surface area contributed by atoms with Gasteiger partial charge < -0.3 is 24.8 Å². The summed E-state index contributed by atoms with van der Waals surface area (Å²) in [5.41, 5.74) is 0.873. The van der Waals surface area contributed by atoms with Crippen LogP contribution in [0.2, 0.25) is 0 Å². The van der Waals surface area contributed by atoms with E-state index in [4.69, 9.17) is 9.47 Å². The minimum atomic E-state index is -0.961. The van der Waals surface area contributed by atoms with Gasteiger partial charge in [0.25, 0.3) is 0 Å². The zero-order chi connectivity index (χ0) is 22.9. The Balaban J connectivity index is 2.51. The third-order valence-electron chi connectivity index (χ3n) is 4.50. The Labute approximate surface area is 190 Å². The van der Waals surface area contributed by atoms with E-state index in [-0.39, 0.29) is 6.03 Å². The first-order chi connectivity index (χ1) is 15.0. The zero-order valence-electron chi connectivity index (χ0n) is 19.1. The number of carboxylic acids is 1. The Morgan fingerprint density at radius 3 is 2.45 bits per heavy atom. The molecular formula is C23H38N2O5S. The van der Waals surface area contributed by atoms with Gasteiger partial charge in [0.1, 0.15) is 12.4 Å².